The Morgan fingerprint density at radius 2 is 2.27 bits per heavy atom. The Kier molecular flexibility index (Phi) is 6.08. The summed E-state index contributed by atoms with van der Waals surface area (Å²) in [7, 11) is 3.45. The molecule has 1 unspecified atom stereocenters. The van der Waals surface area contributed by atoms with Gasteiger partial charge in [-0.15, -0.1) is 0 Å². The fraction of sp³-hybridized carbons (Fsp3) is 0.562. The molecule has 6 heteroatoms. The van der Waals surface area contributed by atoms with E-state index in [4.69, 9.17) is 9.47 Å². The van der Waals surface area contributed by atoms with Crippen molar-refractivity contribution >= 4 is 21.9 Å². The number of nitrogens with one attached hydrogen (secondary N) is 2. The molecule has 2 rings (SSSR count). The van der Waals surface area contributed by atoms with Crippen LogP contribution < -0.4 is 15.4 Å². The number of benzene rings is 1. The van der Waals surface area contributed by atoms with Crippen LogP contribution in [0.25, 0.3) is 0 Å². The molecule has 0 amide bonds. The van der Waals surface area contributed by atoms with Gasteiger partial charge in [0.15, 0.2) is 5.96 Å². The first kappa shape index (κ1) is 17.1. The Morgan fingerprint density at radius 1 is 1.45 bits per heavy atom. The highest BCUT2D eigenvalue weighted by molar-refractivity contribution is 9.10. The summed E-state index contributed by atoms with van der Waals surface area (Å²) in [5.74, 6) is 1.62. The maximum Gasteiger partial charge on any atom is 0.191 e. The van der Waals surface area contributed by atoms with Gasteiger partial charge in [0.1, 0.15) is 5.75 Å². The fourth-order valence-electron chi connectivity index (χ4n) is 2.53. The van der Waals surface area contributed by atoms with Crippen LogP contribution in [0.4, 0.5) is 0 Å². The Morgan fingerprint density at radius 3 is 2.91 bits per heavy atom. The summed E-state index contributed by atoms with van der Waals surface area (Å²) in [6.45, 7) is 4.37. The Balaban J connectivity index is 1.90. The summed E-state index contributed by atoms with van der Waals surface area (Å²) in [6.07, 6.45) is 2.20. The van der Waals surface area contributed by atoms with Crippen LogP contribution in [0.3, 0.4) is 0 Å². The molecule has 0 bridgehead atoms. The van der Waals surface area contributed by atoms with Crippen LogP contribution in [-0.2, 0) is 11.3 Å². The van der Waals surface area contributed by atoms with Gasteiger partial charge in [0, 0.05) is 36.8 Å². The standard InChI is InChI=1S/C16H24BrN3O2/c1-16(7-4-8-22-16)11-20-15(18-2)19-10-12-9-13(17)5-6-14(12)21-3/h5-6,9H,4,7-8,10-11H2,1-3H3,(H2,18,19,20). The van der Waals surface area contributed by atoms with Crippen molar-refractivity contribution in [2.45, 2.75) is 31.9 Å². The lowest BCUT2D eigenvalue weighted by molar-refractivity contribution is 0.0243. The third-order valence-electron chi connectivity index (χ3n) is 3.84. The normalized spacial score (nSPS) is 21.7. The van der Waals surface area contributed by atoms with Crippen molar-refractivity contribution in [2.24, 2.45) is 4.99 Å². The van der Waals surface area contributed by atoms with E-state index in [1.54, 1.807) is 14.2 Å². The van der Waals surface area contributed by atoms with E-state index < -0.39 is 0 Å². The van der Waals surface area contributed by atoms with Crippen LogP contribution in [0.15, 0.2) is 27.7 Å². The predicted octanol–water partition coefficient (Wildman–Crippen LogP) is 2.69. The van der Waals surface area contributed by atoms with Crippen LogP contribution in [-0.4, -0.2) is 38.9 Å². The van der Waals surface area contributed by atoms with Gasteiger partial charge < -0.3 is 20.1 Å². The number of methoxy groups -OCH3 is 1. The van der Waals surface area contributed by atoms with Crippen molar-refractivity contribution in [3.8, 4) is 5.75 Å². The zero-order chi connectivity index (χ0) is 16.0. The van der Waals surface area contributed by atoms with E-state index in [1.807, 2.05) is 18.2 Å². The maximum absolute atomic E-state index is 5.78. The highest BCUT2D eigenvalue weighted by Crippen LogP contribution is 2.24. The van der Waals surface area contributed by atoms with Gasteiger partial charge in [-0.25, -0.2) is 0 Å². The average molecular weight is 370 g/mol. The van der Waals surface area contributed by atoms with Crippen molar-refractivity contribution in [1.29, 1.82) is 0 Å². The van der Waals surface area contributed by atoms with E-state index in [-0.39, 0.29) is 5.60 Å². The van der Waals surface area contributed by atoms with E-state index in [0.29, 0.717) is 6.54 Å². The van der Waals surface area contributed by atoms with Crippen molar-refractivity contribution < 1.29 is 9.47 Å². The third-order valence-corrected chi connectivity index (χ3v) is 4.34. The minimum atomic E-state index is -0.0922. The SMILES string of the molecule is CN=C(NCc1cc(Br)ccc1OC)NCC1(C)CCCO1. The molecule has 0 aliphatic carbocycles. The molecule has 1 fully saturated rings. The molecule has 1 aliphatic heterocycles. The first-order valence-corrected chi connectivity index (χ1v) is 8.26. The monoisotopic (exact) mass is 369 g/mol. The molecule has 22 heavy (non-hydrogen) atoms. The largest absolute Gasteiger partial charge is 0.496 e. The van der Waals surface area contributed by atoms with E-state index >= 15 is 0 Å². The number of rotatable bonds is 5. The Hall–Kier alpha value is -1.27. The predicted molar refractivity (Wildman–Crippen MR) is 92.5 cm³/mol. The average Bonchev–Trinajstić information content (AvgIpc) is 2.95. The van der Waals surface area contributed by atoms with Crippen molar-refractivity contribution in [2.75, 3.05) is 27.3 Å². The van der Waals surface area contributed by atoms with Crippen LogP contribution in [0.2, 0.25) is 0 Å². The van der Waals surface area contributed by atoms with Crippen molar-refractivity contribution in [3.05, 3.63) is 28.2 Å². The molecule has 0 saturated carbocycles. The molecule has 0 radical (unpaired) electrons. The van der Waals surface area contributed by atoms with Gasteiger partial charge in [0.25, 0.3) is 0 Å². The molecule has 1 aliphatic rings. The van der Waals surface area contributed by atoms with Gasteiger partial charge in [0.05, 0.1) is 12.7 Å². The van der Waals surface area contributed by atoms with Crippen molar-refractivity contribution in [3.63, 3.8) is 0 Å². The van der Waals surface area contributed by atoms with Gasteiger partial charge in [-0.1, -0.05) is 15.9 Å². The fourth-order valence-corrected chi connectivity index (χ4v) is 2.94. The lowest BCUT2D eigenvalue weighted by Gasteiger charge is -2.24. The van der Waals surface area contributed by atoms with Crippen molar-refractivity contribution in [1.82, 2.24) is 10.6 Å². The molecule has 1 atom stereocenters. The number of ether oxygens (including phenoxy) is 2. The number of aliphatic imine (C=N–C) groups is 1. The van der Waals surface area contributed by atoms with Gasteiger partial charge >= 0.3 is 0 Å². The van der Waals surface area contributed by atoms with Gasteiger partial charge in [0.2, 0.25) is 0 Å². The van der Waals surface area contributed by atoms with Gasteiger partial charge in [-0.05, 0) is 38.0 Å². The molecule has 1 aromatic carbocycles. The molecule has 5 nitrogen and oxygen atoms in total. The Bertz CT molecular complexity index is 528. The van der Waals surface area contributed by atoms with Gasteiger partial charge in [-0.2, -0.15) is 0 Å². The molecule has 2 N–H and O–H groups in total. The van der Waals surface area contributed by atoms with Crippen LogP contribution in [0.1, 0.15) is 25.3 Å². The smallest absolute Gasteiger partial charge is 0.191 e. The quantitative estimate of drug-likeness (QED) is 0.618. The number of nitrogens with zero attached hydrogens (tertiary/aromatic N) is 1. The zero-order valence-electron chi connectivity index (χ0n) is 13.4. The van der Waals surface area contributed by atoms with E-state index in [1.165, 1.54) is 0 Å². The topological polar surface area (TPSA) is 54.9 Å². The second kappa shape index (κ2) is 7.83. The lowest BCUT2D eigenvalue weighted by Crippen LogP contribution is -2.45. The first-order chi connectivity index (χ1) is 10.6. The van der Waals surface area contributed by atoms with E-state index in [0.717, 1.165) is 47.7 Å². The summed E-state index contributed by atoms with van der Waals surface area (Å²) in [6, 6.07) is 5.96. The minimum Gasteiger partial charge on any atom is -0.496 e. The number of halogens is 1. The molecule has 1 aromatic rings. The second-order valence-electron chi connectivity index (χ2n) is 5.64. The molecular formula is C16H24BrN3O2. The molecule has 1 saturated heterocycles. The highest BCUT2D eigenvalue weighted by Gasteiger charge is 2.29. The van der Waals surface area contributed by atoms with E-state index in [9.17, 15) is 0 Å². The van der Waals surface area contributed by atoms with Gasteiger partial charge in [-0.3, -0.25) is 4.99 Å². The summed E-state index contributed by atoms with van der Waals surface area (Å²) < 4.78 is 12.2. The summed E-state index contributed by atoms with van der Waals surface area (Å²) in [4.78, 5) is 4.26. The number of hydrogen-bond donors (Lipinski definition) is 2. The third kappa shape index (κ3) is 4.61. The summed E-state index contributed by atoms with van der Waals surface area (Å²) in [5.41, 5.74) is 0.980. The molecule has 0 spiro atoms. The number of guanidine groups is 1. The summed E-state index contributed by atoms with van der Waals surface area (Å²) in [5, 5.41) is 6.65. The minimum absolute atomic E-state index is 0.0922. The number of hydrogen-bond acceptors (Lipinski definition) is 3. The highest BCUT2D eigenvalue weighted by atomic mass is 79.9. The summed E-state index contributed by atoms with van der Waals surface area (Å²) >= 11 is 3.49. The molecule has 1 heterocycles. The Labute approximate surface area is 140 Å². The first-order valence-electron chi connectivity index (χ1n) is 7.47. The molecule has 122 valence electrons. The lowest BCUT2D eigenvalue weighted by atomic mass is 10.0. The van der Waals surface area contributed by atoms with Crippen LogP contribution in [0, 0.1) is 0 Å². The zero-order valence-corrected chi connectivity index (χ0v) is 15.0. The molecular weight excluding hydrogens is 346 g/mol. The maximum atomic E-state index is 5.78. The van der Waals surface area contributed by atoms with Crippen LogP contribution >= 0.6 is 15.9 Å². The molecule has 0 aromatic heterocycles. The second-order valence-corrected chi connectivity index (χ2v) is 6.55. The van der Waals surface area contributed by atoms with Crippen LogP contribution in [0.5, 0.6) is 5.75 Å². The van der Waals surface area contributed by atoms with E-state index in [2.05, 4.69) is 38.5 Å².